The van der Waals surface area contributed by atoms with Crippen molar-refractivity contribution in [2.24, 2.45) is 0 Å². The molecule has 0 bridgehead atoms. The summed E-state index contributed by atoms with van der Waals surface area (Å²) in [7, 11) is 0. The third kappa shape index (κ3) is 9.67. The summed E-state index contributed by atoms with van der Waals surface area (Å²) >= 11 is 1.77. The maximum Gasteiger partial charge on any atom is 0.314 e. The largest absolute Gasteiger partial charge is 0.393 e. The van der Waals surface area contributed by atoms with Crippen LogP contribution in [-0.2, 0) is 0 Å². The first-order valence-electron chi connectivity index (χ1n) is 4.85. The van der Waals surface area contributed by atoms with E-state index in [1.54, 1.807) is 18.7 Å². The van der Waals surface area contributed by atoms with Gasteiger partial charge >= 0.3 is 6.03 Å². The molecule has 0 saturated heterocycles. The van der Waals surface area contributed by atoms with Gasteiger partial charge in [-0.25, -0.2) is 4.79 Å². The molecule has 0 heterocycles. The van der Waals surface area contributed by atoms with Crippen molar-refractivity contribution >= 4 is 17.8 Å². The van der Waals surface area contributed by atoms with Gasteiger partial charge in [-0.1, -0.05) is 0 Å². The molecule has 0 aromatic heterocycles. The Hall–Kier alpha value is -0.420. The monoisotopic (exact) mass is 220 g/mol. The molecule has 0 aromatic rings. The molecule has 0 radical (unpaired) electrons. The van der Waals surface area contributed by atoms with Crippen LogP contribution in [0.25, 0.3) is 0 Å². The zero-order valence-electron chi connectivity index (χ0n) is 8.88. The van der Waals surface area contributed by atoms with Crippen molar-refractivity contribution in [3.05, 3.63) is 0 Å². The Morgan fingerprint density at radius 1 is 1.43 bits per heavy atom. The number of hydrogen-bond acceptors (Lipinski definition) is 3. The van der Waals surface area contributed by atoms with Crippen LogP contribution in [0, 0.1) is 0 Å². The number of hydrogen-bond donors (Lipinski definition) is 3. The van der Waals surface area contributed by atoms with Gasteiger partial charge in [0.2, 0.25) is 0 Å². The lowest BCUT2D eigenvalue weighted by atomic mass is 10.3. The van der Waals surface area contributed by atoms with Crippen molar-refractivity contribution < 1.29 is 9.90 Å². The van der Waals surface area contributed by atoms with Gasteiger partial charge < -0.3 is 15.7 Å². The first kappa shape index (κ1) is 13.6. The number of rotatable bonds is 7. The molecule has 1 atom stereocenters. The zero-order chi connectivity index (χ0) is 10.8. The third-order valence-corrected chi connectivity index (χ3v) is 2.36. The van der Waals surface area contributed by atoms with E-state index in [1.165, 1.54) is 0 Å². The number of amides is 2. The predicted molar refractivity (Wildman–Crippen MR) is 60.7 cm³/mol. The lowest BCUT2D eigenvalue weighted by molar-refractivity contribution is 0.183. The van der Waals surface area contributed by atoms with E-state index >= 15 is 0 Å². The number of urea groups is 1. The van der Waals surface area contributed by atoms with Crippen LogP contribution in [0.15, 0.2) is 0 Å². The summed E-state index contributed by atoms with van der Waals surface area (Å²) in [5.41, 5.74) is 0. The number of carbonyl (C=O) groups excluding carboxylic acids is 1. The van der Waals surface area contributed by atoms with Crippen molar-refractivity contribution in [2.75, 3.05) is 25.1 Å². The van der Waals surface area contributed by atoms with Crippen molar-refractivity contribution in [2.45, 2.75) is 25.9 Å². The van der Waals surface area contributed by atoms with E-state index in [-0.39, 0.29) is 12.1 Å². The Balaban J connectivity index is 3.20. The molecule has 0 aliphatic heterocycles. The highest BCUT2D eigenvalue weighted by atomic mass is 32.2. The highest BCUT2D eigenvalue weighted by Crippen LogP contribution is 1.93. The van der Waals surface area contributed by atoms with Gasteiger partial charge in [0.15, 0.2) is 0 Å². The third-order valence-electron chi connectivity index (χ3n) is 1.66. The van der Waals surface area contributed by atoms with Gasteiger partial charge in [0.05, 0.1) is 6.10 Å². The Bertz CT molecular complexity index is 154. The number of aliphatic hydroxyl groups excluding tert-OH is 1. The fourth-order valence-corrected chi connectivity index (χ4v) is 1.31. The normalized spacial score (nSPS) is 12.2. The summed E-state index contributed by atoms with van der Waals surface area (Å²) in [5, 5.41) is 14.4. The summed E-state index contributed by atoms with van der Waals surface area (Å²) in [6.45, 7) is 2.94. The topological polar surface area (TPSA) is 61.4 Å². The Labute approximate surface area is 89.8 Å². The van der Waals surface area contributed by atoms with Crippen LogP contribution in [0.1, 0.15) is 19.8 Å². The van der Waals surface area contributed by atoms with E-state index in [1.807, 2.05) is 6.26 Å². The molecule has 0 aliphatic carbocycles. The molecular formula is C9H20N2O2S. The Kier molecular flexibility index (Phi) is 8.87. The van der Waals surface area contributed by atoms with E-state index in [2.05, 4.69) is 10.6 Å². The van der Waals surface area contributed by atoms with Gasteiger partial charge in [-0.15, -0.1) is 0 Å². The molecule has 0 spiro atoms. The fourth-order valence-electron chi connectivity index (χ4n) is 0.876. The maximum absolute atomic E-state index is 11.1. The van der Waals surface area contributed by atoms with E-state index in [0.29, 0.717) is 19.5 Å². The van der Waals surface area contributed by atoms with E-state index in [0.717, 1.165) is 12.2 Å². The van der Waals surface area contributed by atoms with Crippen LogP contribution in [-0.4, -0.2) is 42.3 Å². The molecule has 0 aromatic carbocycles. The molecule has 0 aliphatic rings. The molecule has 4 nitrogen and oxygen atoms in total. The summed E-state index contributed by atoms with van der Waals surface area (Å²) in [5.74, 6) is 1.06. The first-order valence-corrected chi connectivity index (χ1v) is 6.25. The van der Waals surface area contributed by atoms with Gasteiger partial charge in [-0.05, 0) is 31.8 Å². The van der Waals surface area contributed by atoms with Crippen LogP contribution in [0.2, 0.25) is 0 Å². The number of carbonyl (C=O) groups is 1. The highest BCUT2D eigenvalue weighted by molar-refractivity contribution is 7.98. The minimum atomic E-state index is -0.355. The van der Waals surface area contributed by atoms with Crippen LogP contribution < -0.4 is 10.6 Å². The zero-order valence-corrected chi connectivity index (χ0v) is 9.69. The molecule has 0 fully saturated rings. The molecule has 14 heavy (non-hydrogen) atoms. The molecule has 2 amide bonds. The summed E-state index contributed by atoms with van der Waals surface area (Å²) in [6.07, 6.45) is 3.28. The second-order valence-corrected chi connectivity index (χ2v) is 4.15. The molecule has 3 N–H and O–H groups in total. The van der Waals surface area contributed by atoms with Gasteiger partial charge in [-0.3, -0.25) is 0 Å². The summed E-state index contributed by atoms with van der Waals surface area (Å²) in [6, 6.07) is -0.147. The maximum atomic E-state index is 11.1. The van der Waals surface area contributed by atoms with E-state index in [9.17, 15) is 4.79 Å². The highest BCUT2D eigenvalue weighted by Gasteiger charge is 1.99. The van der Waals surface area contributed by atoms with Crippen LogP contribution in [0.3, 0.4) is 0 Å². The van der Waals surface area contributed by atoms with Crippen molar-refractivity contribution in [3.8, 4) is 0 Å². The molecule has 0 rings (SSSR count). The van der Waals surface area contributed by atoms with Gasteiger partial charge in [0.25, 0.3) is 0 Å². The number of thioether (sulfide) groups is 1. The Morgan fingerprint density at radius 3 is 2.64 bits per heavy atom. The quantitative estimate of drug-likeness (QED) is 0.556. The van der Waals surface area contributed by atoms with Crippen LogP contribution >= 0.6 is 11.8 Å². The van der Waals surface area contributed by atoms with Gasteiger partial charge in [0, 0.05) is 13.1 Å². The van der Waals surface area contributed by atoms with Crippen LogP contribution in [0.5, 0.6) is 0 Å². The fraction of sp³-hybridized carbons (Fsp3) is 0.889. The molecule has 84 valence electrons. The average Bonchev–Trinajstić information content (AvgIpc) is 2.12. The standard InChI is InChI=1S/C9H20N2O2S/c1-8(12)4-6-11-9(13)10-5-3-7-14-2/h8,12H,3-7H2,1-2H3,(H2,10,11,13). The van der Waals surface area contributed by atoms with Crippen LogP contribution in [0.4, 0.5) is 4.79 Å². The Morgan fingerprint density at radius 2 is 2.07 bits per heavy atom. The molecular weight excluding hydrogens is 200 g/mol. The van der Waals surface area contributed by atoms with Gasteiger partial charge in [0.1, 0.15) is 0 Å². The van der Waals surface area contributed by atoms with Crippen molar-refractivity contribution in [1.82, 2.24) is 10.6 Å². The molecule has 5 heteroatoms. The molecule has 1 unspecified atom stereocenters. The summed E-state index contributed by atoms with van der Waals surface area (Å²) < 4.78 is 0. The number of nitrogens with one attached hydrogen (secondary N) is 2. The first-order chi connectivity index (χ1) is 6.66. The second-order valence-electron chi connectivity index (χ2n) is 3.17. The minimum Gasteiger partial charge on any atom is -0.393 e. The average molecular weight is 220 g/mol. The smallest absolute Gasteiger partial charge is 0.314 e. The molecule has 0 saturated carbocycles. The number of aliphatic hydroxyl groups is 1. The second kappa shape index (κ2) is 9.15. The minimum absolute atomic E-state index is 0.147. The van der Waals surface area contributed by atoms with Crippen molar-refractivity contribution in [1.29, 1.82) is 0 Å². The lowest BCUT2D eigenvalue weighted by Crippen LogP contribution is -2.37. The van der Waals surface area contributed by atoms with Gasteiger partial charge in [-0.2, -0.15) is 11.8 Å². The summed E-state index contributed by atoms with van der Waals surface area (Å²) in [4.78, 5) is 11.1. The predicted octanol–water partition coefficient (Wildman–Crippen LogP) is 0.810. The van der Waals surface area contributed by atoms with E-state index < -0.39 is 0 Å². The lowest BCUT2D eigenvalue weighted by Gasteiger charge is -2.08. The SMILES string of the molecule is CSCCCNC(=O)NCCC(C)O. The van der Waals surface area contributed by atoms with Crippen molar-refractivity contribution in [3.63, 3.8) is 0 Å². The van der Waals surface area contributed by atoms with E-state index in [4.69, 9.17) is 5.11 Å².